The molecular formula is C19H32N2. The summed E-state index contributed by atoms with van der Waals surface area (Å²) in [7, 11) is 0. The zero-order valence-electron chi connectivity index (χ0n) is 14.4. The maximum Gasteiger partial charge on any atom is 0.0323 e. The molecule has 1 aromatic rings. The molecule has 1 aliphatic heterocycles. The van der Waals surface area contributed by atoms with Crippen molar-refractivity contribution in [2.75, 3.05) is 13.1 Å². The van der Waals surface area contributed by atoms with E-state index in [0.29, 0.717) is 18.1 Å². The van der Waals surface area contributed by atoms with Gasteiger partial charge in [-0.25, -0.2) is 0 Å². The van der Waals surface area contributed by atoms with Crippen LogP contribution in [-0.4, -0.2) is 30.1 Å². The first-order valence-corrected chi connectivity index (χ1v) is 8.55. The number of piperidine rings is 1. The van der Waals surface area contributed by atoms with Crippen LogP contribution in [-0.2, 0) is 0 Å². The lowest BCUT2D eigenvalue weighted by Crippen LogP contribution is -2.46. The zero-order chi connectivity index (χ0) is 15.4. The molecule has 1 fully saturated rings. The van der Waals surface area contributed by atoms with E-state index in [1.807, 2.05) is 0 Å². The van der Waals surface area contributed by atoms with Gasteiger partial charge in [0, 0.05) is 24.7 Å². The van der Waals surface area contributed by atoms with Crippen molar-refractivity contribution >= 4 is 0 Å². The second kappa shape index (κ2) is 7.42. The molecule has 1 N–H and O–H groups in total. The summed E-state index contributed by atoms with van der Waals surface area (Å²) in [6.07, 6.45) is 4.04. The van der Waals surface area contributed by atoms with Crippen LogP contribution in [0.4, 0.5) is 0 Å². The van der Waals surface area contributed by atoms with Crippen LogP contribution in [0.3, 0.4) is 0 Å². The molecule has 0 aliphatic carbocycles. The number of rotatable bonds is 5. The molecule has 0 radical (unpaired) electrons. The van der Waals surface area contributed by atoms with Crippen LogP contribution >= 0.6 is 0 Å². The van der Waals surface area contributed by atoms with Gasteiger partial charge in [0.1, 0.15) is 0 Å². The monoisotopic (exact) mass is 288 g/mol. The Bertz CT molecular complexity index is 447. The second-order valence-corrected chi connectivity index (χ2v) is 6.96. The average molecular weight is 288 g/mol. The summed E-state index contributed by atoms with van der Waals surface area (Å²) in [6, 6.07) is 8.65. The van der Waals surface area contributed by atoms with Gasteiger partial charge in [-0.05, 0) is 70.7 Å². The summed E-state index contributed by atoms with van der Waals surface area (Å²) in [5.74, 6) is 0. The number of hydrogen-bond acceptors (Lipinski definition) is 2. The molecule has 0 spiro atoms. The minimum Gasteiger partial charge on any atom is -0.313 e. The van der Waals surface area contributed by atoms with Crippen LogP contribution in [0.1, 0.15) is 62.8 Å². The smallest absolute Gasteiger partial charge is 0.0323 e. The van der Waals surface area contributed by atoms with Crippen molar-refractivity contribution in [2.24, 2.45) is 0 Å². The van der Waals surface area contributed by atoms with E-state index in [-0.39, 0.29) is 0 Å². The molecule has 0 saturated carbocycles. The van der Waals surface area contributed by atoms with Crippen molar-refractivity contribution in [2.45, 2.75) is 72.0 Å². The highest BCUT2D eigenvalue weighted by Gasteiger charge is 2.23. The van der Waals surface area contributed by atoms with Gasteiger partial charge in [-0.1, -0.05) is 24.6 Å². The lowest BCUT2D eigenvalue weighted by molar-refractivity contribution is 0.138. The molecule has 2 unspecified atom stereocenters. The van der Waals surface area contributed by atoms with Crippen LogP contribution in [0.15, 0.2) is 18.2 Å². The van der Waals surface area contributed by atoms with E-state index >= 15 is 0 Å². The van der Waals surface area contributed by atoms with E-state index in [2.05, 4.69) is 63.0 Å². The minimum absolute atomic E-state index is 0.480. The van der Waals surface area contributed by atoms with Crippen LogP contribution < -0.4 is 5.32 Å². The lowest BCUT2D eigenvalue weighted by atomic mass is 9.98. The predicted molar refractivity (Wildman–Crippen MR) is 91.8 cm³/mol. The van der Waals surface area contributed by atoms with E-state index in [4.69, 9.17) is 0 Å². The highest BCUT2D eigenvalue weighted by atomic mass is 15.2. The fraction of sp³-hybridized carbons (Fsp3) is 0.684. The number of benzene rings is 1. The molecule has 2 nitrogen and oxygen atoms in total. The van der Waals surface area contributed by atoms with Gasteiger partial charge >= 0.3 is 0 Å². The normalized spacial score (nSPS) is 21.0. The first-order chi connectivity index (χ1) is 9.99. The van der Waals surface area contributed by atoms with Gasteiger partial charge in [0.2, 0.25) is 0 Å². The van der Waals surface area contributed by atoms with Crippen LogP contribution in [0.25, 0.3) is 0 Å². The number of nitrogens with one attached hydrogen (secondary N) is 1. The maximum absolute atomic E-state index is 3.69. The number of nitrogens with zero attached hydrogens (tertiary/aromatic N) is 1. The van der Waals surface area contributed by atoms with Crippen molar-refractivity contribution in [1.29, 1.82) is 0 Å². The Morgan fingerprint density at radius 3 is 2.48 bits per heavy atom. The highest BCUT2D eigenvalue weighted by molar-refractivity contribution is 5.31. The molecule has 0 aromatic heterocycles. The summed E-state index contributed by atoms with van der Waals surface area (Å²) >= 11 is 0. The Morgan fingerprint density at radius 2 is 1.90 bits per heavy atom. The van der Waals surface area contributed by atoms with E-state index in [9.17, 15) is 0 Å². The van der Waals surface area contributed by atoms with Gasteiger partial charge < -0.3 is 5.32 Å². The van der Waals surface area contributed by atoms with E-state index in [1.54, 1.807) is 0 Å². The minimum atomic E-state index is 0.480. The lowest BCUT2D eigenvalue weighted by Gasteiger charge is -2.37. The van der Waals surface area contributed by atoms with E-state index < -0.39 is 0 Å². The van der Waals surface area contributed by atoms with Crippen molar-refractivity contribution in [1.82, 2.24) is 10.2 Å². The molecule has 1 aromatic carbocycles. The first kappa shape index (κ1) is 16.5. The Kier molecular flexibility index (Phi) is 5.83. The highest BCUT2D eigenvalue weighted by Crippen LogP contribution is 2.25. The Hall–Kier alpha value is -0.860. The molecule has 0 bridgehead atoms. The third-order valence-electron chi connectivity index (χ3n) is 5.02. The van der Waals surface area contributed by atoms with Gasteiger partial charge in [0.05, 0.1) is 0 Å². The summed E-state index contributed by atoms with van der Waals surface area (Å²) < 4.78 is 0. The largest absolute Gasteiger partial charge is 0.313 e. The molecule has 0 amide bonds. The third-order valence-corrected chi connectivity index (χ3v) is 5.02. The SMILES string of the molecule is Cc1ccc(C(C)N(CC2CCCCN2)C(C)C)cc1C. The summed E-state index contributed by atoms with van der Waals surface area (Å²) in [5, 5.41) is 3.69. The first-order valence-electron chi connectivity index (χ1n) is 8.55. The van der Waals surface area contributed by atoms with Crippen molar-refractivity contribution in [3.63, 3.8) is 0 Å². The van der Waals surface area contributed by atoms with Gasteiger partial charge in [-0.15, -0.1) is 0 Å². The quantitative estimate of drug-likeness (QED) is 0.873. The Labute approximate surface area is 130 Å². The molecular weight excluding hydrogens is 256 g/mol. The van der Waals surface area contributed by atoms with Crippen LogP contribution in [0.2, 0.25) is 0 Å². The Morgan fingerprint density at radius 1 is 1.14 bits per heavy atom. The van der Waals surface area contributed by atoms with E-state index in [1.165, 1.54) is 42.5 Å². The molecule has 1 saturated heterocycles. The third kappa shape index (κ3) is 4.31. The molecule has 2 rings (SSSR count). The predicted octanol–water partition coefficient (Wildman–Crippen LogP) is 4.22. The molecule has 118 valence electrons. The van der Waals surface area contributed by atoms with Crippen LogP contribution in [0.5, 0.6) is 0 Å². The summed E-state index contributed by atoms with van der Waals surface area (Å²) in [4.78, 5) is 2.65. The standard InChI is InChI=1S/C19H32N2/c1-14(2)21(13-19-8-6-7-11-20-19)17(5)18-10-9-15(3)16(4)12-18/h9-10,12,14,17,19-20H,6-8,11,13H2,1-5H3. The van der Waals surface area contributed by atoms with E-state index in [0.717, 1.165) is 6.54 Å². The van der Waals surface area contributed by atoms with Crippen molar-refractivity contribution in [3.05, 3.63) is 34.9 Å². The van der Waals surface area contributed by atoms with Crippen molar-refractivity contribution < 1.29 is 0 Å². The maximum atomic E-state index is 3.69. The van der Waals surface area contributed by atoms with Gasteiger partial charge in [-0.2, -0.15) is 0 Å². The molecule has 1 aliphatic rings. The topological polar surface area (TPSA) is 15.3 Å². The molecule has 2 atom stereocenters. The average Bonchev–Trinajstić information content (AvgIpc) is 2.47. The summed E-state index contributed by atoms with van der Waals surface area (Å²) in [6.45, 7) is 13.7. The van der Waals surface area contributed by atoms with Gasteiger partial charge in [0.25, 0.3) is 0 Å². The van der Waals surface area contributed by atoms with Gasteiger partial charge in [0.15, 0.2) is 0 Å². The second-order valence-electron chi connectivity index (χ2n) is 6.96. The van der Waals surface area contributed by atoms with Crippen molar-refractivity contribution in [3.8, 4) is 0 Å². The fourth-order valence-electron chi connectivity index (χ4n) is 3.37. The number of aryl methyl sites for hydroxylation is 2. The van der Waals surface area contributed by atoms with Gasteiger partial charge in [-0.3, -0.25) is 4.90 Å². The zero-order valence-corrected chi connectivity index (χ0v) is 14.4. The fourth-order valence-corrected chi connectivity index (χ4v) is 3.37. The molecule has 1 heterocycles. The Balaban J connectivity index is 2.10. The van der Waals surface area contributed by atoms with Crippen LogP contribution in [0, 0.1) is 13.8 Å². The molecule has 21 heavy (non-hydrogen) atoms. The molecule has 2 heteroatoms. The number of hydrogen-bond donors (Lipinski definition) is 1. The summed E-state index contributed by atoms with van der Waals surface area (Å²) in [5.41, 5.74) is 4.23.